The number of nitrogens with zero attached hydrogens (tertiary/aromatic N) is 2. The van der Waals surface area contributed by atoms with Crippen molar-refractivity contribution in [2.75, 3.05) is 18.5 Å². The van der Waals surface area contributed by atoms with Crippen molar-refractivity contribution in [2.24, 2.45) is 0 Å². The minimum absolute atomic E-state index is 0.00802. The van der Waals surface area contributed by atoms with E-state index in [1.54, 1.807) is 0 Å². The zero-order chi connectivity index (χ0) is 13.9. The van der Waals surface area contributed by atoms with Crippen LogP contribution in [0.4, 0.5) is 19.0 Å². The Morgan fingerprint density at radius 2 is 2.06 bits per heavy atom. The van der Waals surface area contributed by atoms with Crippen LogP contribution in [0.25, 0.3) is 0 Å². The number of rotatable bonds is 4. The Bertz CT molecular complexity index is 454. The van der Waals surface area contributed by atoms with E-state index in [2.05, 4.69) is 9.97 Å². The molecule has 0 radical (unpaired) electrons. The lowest BCUT2D eigenvalue weighted by Gasteiger charge is -2.19. The van der Waals surface area contributed by atoms with Gasteiger partial charge >= 0.3 is 6.18 Å². The summed E-state index contributed by atoms with van der Waals surface area (Å²) in [4.78, 5) is 19.4. The summed E-state index contributed by atoms with van der Waals surface area (Å²) in [6, 6.07) is 1.20. The van der Waals surface area contributed by atoms with Crippen LogP contribution in [-0.2, 0) is 0 Å². The predicted octanol–water partition coefficient (Wildman–Crippen LogP) is 2.28. The third-order valence-electron chi connectivity index (χ3n) is 2.42. The summed E-state index contributed by atoms with van der Waals surface area (Å²) in [5, 5.41) is 0. The monoisotopic (exact) mass is 263 g/mol. The van der Waals surface area contributed by atoms with E-state index in [9.17, 15) is 18.0 Å². The van der Waals surface area contributed by atoms with E-state index < -0.39 is 12.6 Å². The van der Waals surface area contributed by atoms with Gasteiger partial charge in [-0.25, -0.2) is 4.98 Å². The summed E-state index contributed by atoms with van der Waals surface area (Å²) in [5.41, 5.74) is -0.359. The molecular weight excluding hydrogens is 247 g/mol. The van der Waals surface area contributed by atoms with Gasteiger partial charge in [0.2, 0.25) is 0 Å². The number of anilines is 1. The minimum Gasteiger partial charge on any atom is -0.359 e. The van der Waals surface area contributed by atoms with Gasteiger partial charge in [0.15, 0.2) is 0 Å². The van der Waals surface area contributed by atoms with E-state index in [0.717, 1.165) is 0 Å². The van der Waals surface area contributed by atoms with Crippen molar-refractivity contribution in [3.63, 3.8) is 0 Å². The molecule has 0 aromatic carbocycles. The smallest absolute Gasteiger partial charge is 0.359 e. The largest absolute Gasteiger partial charge is 0.390 e. The number of halogens is 3. The van der Waals surface area contributed by atoms with Crippen molar-refractivity contribution >= 4 is 5.82 Å². The van der Waals surface area contributed by atoms with Gasteiger partial charge in [-0.15, -0.1) is 0 Å². The van der Waals surface area contributed by atoms with Gasteiger partial charge in [-0.3, -0.25) is 4.79 Å². The second-order valence-electron chi connectivity index (χ2n) is 4.43. The molecule has 0 amide bonds. The summed E-state index contributed by atoms with van der Waals surface area (Å²) in [7, 11) is 1.48. The summed E-state index contributed by atoms with van der Waals surface area (Å²) < 4.78 is 36.3. The van der Waals surface area contributed by atoms with E-state index in [0.29, 0.717) is 5.82 Å². The lowest BCUT2D eigenvalue weighted by molar-refractivity contribution is -0.132. The molecule has 102 valence electrons. The van der Waals surface area contributed by atoms with Crippen molar-refractivity contribution in [3.05, 3.63) is 22.2 Å². The number of aromatic nitrogens is 2. The fraction of sp³-hybridized carbons (Fsp3) is 0.636. The maximum Gasteiger partial charge on any atom is 0.390 e. The Morgan fingerprint density at radius 1 is 1.44 bits per heavy atom. The molecule has 0 atom stereocenters. The molecule has 1 aromatic rings. The molecule has 0 unspecified atom stereocenters. The molecule has 18 heavy (non-hydrogen) atoms. The van der Waals surface area contributed by atoms with E-state index >= 15 is 0 Å². The fourth-order valence-electron chi connectivity index (χ4n) is 1.34. The Labute approximate surface area is 103 Å². The molecule has 0 fully saturated rings. The molecule has 1 heterocycles. The molecule has 4 nitrogen and oxygen atoms in total. The van der Waals surface area contributed by atoms with Crippen LogP contribution in [0.15, 0.2) is 10.9 Å². The van der Waals surface area contributed by atoms with E-state index in [-0.39, 0.29) is 23.8 Å². The minimum atomic E-state index is -4.21. The van der Waals surface area contributed by atoms with Crippen LogP contribution in [0, 0.1) is 0 Å². The molecule has 0 aliphatic carbocycles. The fourth-order valence-corrected chi connectivity index (χ4v) is 1.34. The van der Waals surface area contributed by atoms with Crippen LogP contribution in [0.5, 0.6) is 0 Å². The number of alkyl halides is 3. The molecular formula is C11H16F3N3O. The first-order chi connectivity index (χ1) is 8.19. The first-order valence-electron chi connectivity index (χ1n) is 5.58. The van der Waals surface area contributed by atoms with Gasteiger partial charge in [-0.05, 0) is 0 Å². The van der Waals surface area contributed by atoms with Gasteiger partial charge in [0.05, 0.1) is 6.42 Å². The zero-order valence-corrected chi connectivity index (χ0v) is 10.5. The average Bonchev–Trinajstić information content (AvgIpc) is 2.23. The average molecular weight is 263 g/mol. The summed E-state index contributed by atoms with van der Waals surface area (Å²) in [6.45, 7) is 3.47. The quantitative estimate of drug-likeness (QED) is 0.906. The van der Waals surface area contributed by atoms with E-state index in [1.165, 1.54) is 18.0 Å². The first kappa shape index (κ1) is 14.5. The summed E-state index contributed by atoms with van der Waals surface area (Å²) in [5.74, 6) is 0.733. The summed E-state index contributed by atoms with van der Waals surface area (Å²) >= 11 is 0. The van der Waals surface area contributed by atoms with Gasteiger partial charge < -0.3 is 9.88 Å². The van der Waals surface area contributed by atoms with Crippen LogP contribution < -0.4 is 10.5 Å². The Hall–Kier alpha value is -1.53. The maximum atomic E-state index is 12.1. The Morgan fingerprint density at radius 3 is 2.56 bits per heavy atom. The molecule has 1 rings (SSSR count). The lowest BCUT2D eigenvalue weighted by atomic mass is 10.2. The second kappa shape index (κ2) is 5.41. The van der Waals surface area contributed by atoms with Gasteiger partial charge in [0, 0.05) is 25.6 Å². The molecule has 1 N–H and O–H groups in total. The number of hydrogen-bond donors (Lipinski definition) is 1. The molecule has 7 heteroatoms. The molecule has 0 aliphatic rings. The van der Waals surface area contributed by atoms with Gasteiger partial charge in [-0.2, -0.15) is 13.2 Å². The number of nitrogens with one attached hydrogen (secondary N) is 1. The van der Waals surface area contributed by atoms with Gasteiger partial charge in [0.25, 0.3) is 5.56 Å². The standard InChI is InChI=1S/C11H16F3N3O/c1-7(2)10-15-8(6-9(18)16-10)17(3)5-4-11(12,13)14/h6-7H,4-5H2,1-3H3,(H,15,16,18). The van der Waals surface area contributed by atoms with Gasteiger partial charge in [0.1, 0.15) is 11.6 Å². The van der Waals surface area contributed by atoms with Gasteiger partial charge in [-0.1, -0.05) is 13.8 Å². The molecule has 0 bridgehead atoms. The first-order valence-corrected chi connectivity index (χ1v) is 5.58. The van der Waals surface area contributed by atoms with Crippen molar-refractivity contribution in [2.45, 2.75) is 32.4 Å². The van der Waals surface area contributed by atoms with Crippen molar-refractivity contribution in [3.8, 4) is 0 Å². The Balaban J connectivity index is 2.85. The van der Waals surface area contributed by atoms with Crippen molar-refractivity contribution in [1.29, 1.82) is 0 Å². The lowest BCUT2D eigenvalue weighted by Crippen LogP contribution is -2.27. The predicted molar refractivity (Wildman–Crippen MR) is 62.9 cm³/mol. The highest BCUT2D eigenvalue weighted by Gasteiger charge is 2.27. The van der Waals surface area contributed by atoms with Crippen LogP contribution in [-0.4, -0.2) is 29.7 Å². The highest BCUT2D eigenvalue weighted by molar-refractivity contribution is 5.36. The highest BCUT2D eigenvalue weighted by atomic mass is 19.4. The van der Waals surface area contributed by atoms with E-state index in [4.69, 9.17) is 0 Å². The molecule has 0 spiro atoms. The number of aromatic amines is 1. The zero-order valence-electron chi connectivity index (χ0n) is 10.5. The van der Waals surface area contributed by atoms with E-state index in [1.807, 2.05) is 13.8 Å². The summed E-state index contributed by atoms with van der Waals surface area (Å²) in [6.07, 6.45) is -5.15. The molecule has 0 saturated carbocycles. The van der Waals surface area contributed by atoms with Crippen LogP contribution in [0.2, 0.25) is 0 Å². The van der Waals surface area contributed by atoms with Crippen molar-refractivity contribution in [1.82, 2.24) is 9.97 Å². The maximum absolute atomic E-state index is 12.1. The molecule has 1 aromatic heterocycles. The normalized spacial score (nSPS) is 11.9. The molecule has 0 saturated heterocycles. The SMILES string of the molecule is CC(C)c1nc(N(C)CCC(F)(F)F)cc(=O)[nH]1. The van der Waals surface area contributed by atoms with Crippen molar-refractivity contribution < 1.29 is 13.2 Å². The Kier molecular flexibility index (Phi) is 4.37. The number of H-pyrrole nitrogens is 1. The molecule has 0 aliphatic heterocycles. The third kappa shape index (κ3) is 4.38. The topological polar surface area (TPSA) is 49.0 Å². The number of hydrogen-bond acceptors (Lipinski definition) is 3. The van der Waals surface area contributed by atoms with Crippen LogP contribution >= 0.6 is 0 Å². The highest BCUT2D eigenvalue weighted by Crippen LogP contribution is 2.21. The van der Waals surface area contributed by atoms with Crippen LogP contribution in [0.3, 0.4) is 0 Å². The second-order valence-corrected chi connectivity index (χ2v) is 4.43. The third-order valence-corrected chi connectivity index (χ3v) is 2.42. The van der Waals surface area contributed by atoms with Crippen LogP contribution in [0.1, 0.15) is 32.0 Å².